The van der Waals surface area contributed by atoms with E-state index in [1.54, 1.807) is 0 Å². The van der Waals surface area contributed by atoms with Crippen LogP contribution in [0.1, 0.15) is 22.3 Å². The highest BCUT2D eigenvalue weighted by atomic mass is 16.3. The molecule has 0 atom stereocenters. The van der Waals surface area contributed by atoms with Gasteiger partial charge in [-0.2, -0.15) is 0 Å². The van der Waals surface area contributed by atoms with Crippen LogP contribution in [-0.4, -0.2) is 0 Å². The molecule has 1 heterocycles. The monoisotopic (exact) mass is 699 g/mol. The summed E-state index contributed by atoms with van der Waals surface area (Å²) in [5.41, 5.74) is 17.6. The van der Waals surface area contributed by atoms with Crippen LogP contribution in [-0.2, 0) is 5.41 Å². The van der Waals surface area contributed by atoms with Gasteiger partial charge in [-0.3, -0.25) is 0 Å². The zero-order valence-electron chi connectivity index (χ0n) is 29.9. The summed E-state index contributed by atoms with van der Waals surface area (Å²) >= 11 is 0. The van der Waals surface area contributed by atoms with Gasteiger partial charge in [0.1, 0.15) is 11.2 Å². The second kappa shape index (κ2) is 11.4. The molecule has 2 nitrogen and oxygen atoms in total. The second-order valence-corrected chi connectivity index (χ2v) is 14.8. The van der Waals surface area contributed by atoms with Gasteiger partial charge in [0.05, 0.1) is 16.8 Å². The van der Waals surface area contributed by atoms with Gasteiger partial charge in [0.2, 0.25) is 0 Å². The summed E-state index contributed by atoms with van der Waals surface area (Å²) in [6.07, 6.45) is 0. The predicted molar refractivity (Wildman–Crippen MR) is 228 cm³/mol. The lowest BCUT2D eigenvalue weighted by Gasteiger charge is -2.32. The van der Waals surface area contributed by atoms with Crippen molar-refractivity contribution in [2.75, 3.05) is 4.90 Å². The molecule has 12 rings (SSSR count). The van der Waals surface area contributed by atoms with E-state index in [1.165, 1.54) is 49.9 Å². The first-order chi connectivity index (χ1) is 27.3. The molecule has 0 fully saturated rings. The van der Waals surface area contributed by atoms with Gasteiger partial charge in [0.25, 0.3) is 0 Å². The molecule has 0 aliphatic heterocycles. The van der Waals surface area contributed by atoms with Gasteiger partial charge in [-0.15, -0.1) is 0 Å². The summed E-state index contributed by atoms with van der Waals surface area (Å²) in [6, 6.07) is 73.2. The molecular weight excluding hydrogens is 667 g/mol. The Kier molecular flexibility index (Phi) is 6.29. The molecule has 2 aliphatic rings. The molecule has 55 heavy (non-hydrogen) atoms. The topological polar surface area (TPSA) is 16.4 Å². The maximum absolute atomic E-state index is 6.54. The fourth-order valence-corrected chi connectivity index (χ4v) is 9.88. The molecule has 256 valence electrons. The van der Waals surface area contributed by atoms with E-state index in [2.05, 4.69) is 205 Å². The first-order valence-corrected chi connectivity index (χ1v) is 19.0. The summed E-state index contributed by atoms with van der Waals surface area (Å²) in [5.74, 6) is 0. The summed E-state index contributed by atoms with van der Waals surface area (Å²) in [7, 11) is 0. The molecule has 10 aromatic rings. The van der Waals surface area contributed by atoms with Gasteiger partial charge in [-0.05, 0) is 92.4 Å². The molecule has 0 saturated heterocycles. The highest BCUT2D eigenvalue weighted by Crippen LogP contribution is 2.64. The normalized spacial score (nSPS) is 13.2. The van der Waals surface area contributed by atoms with Crippen LogP contribution < -0.4 is 4.90 Å². The van der Waals surface area contributed by atoms with Crippen LogP contribution in [0.4, 0.5) is 17.1 Å². The highest BCUT2D eigenvalue weighted by Gasteiger charge is 2.52. The zero-order chi connectivity index (χ0) is 36.1. The van der Waals surface area contributed by atoms with Gasteiger partial charge in [0, 0.05) is 33.0 Å². The minimum atomic E-state index is -0.422. The van der Waals surface area contributed by atoms with Crippen molar-refractivity contribution in [1.82, 2.24) is 0 Å². The van der Waals surface area contributed by atoms with Crippen molar-refractivity contribution in [3.63, 3.8) is 0 Å². The summed E-state index contributed by atoms with van der Waals surface area (Å²) in [5, 5.41) is 4.57. The Hall–Kier alpha value is -7.16. The van der Waals surface area contributed by atoms with Crippen molar-refractivity contribution < 1.29 is 4.42 Å². The number of para-hydroxylation sites is 2. The van der Waals surface area contributed by atoms with E-state index >= 15 is 0 Å². The highest BCUT2D eigenvalue weighted by molar-refractivity contribution is 6.16. The largest absolute Gasteiger partial charge is 0.455 e. The van der Waals surface area contributed by atoms with E-state index in [4.69, 9.17) is 4.42 Å². The van der Waals surface area contributed by atoms with Crippen LogP contribution in [0.15, 0.2) is 205 Å². The summed E-state index contributed by atoms with van der Waals surface area (Å²) in [6.45, 7) is 0. The maximum Gasteiger partial charge on any atom is 0.143 e. The van der Waals surface area contributed by atoms with Crippen LogP contribution in [0.5, 0.6) is 0 Å². The molecule has 1 spiro atoms. The Morgan fingerprint density at radius 3 is 1.76 bits per heavy atom. The van der Waals surface area contributed by atoms with Gasteiger partial charge < -0.3 is 9.32 Å². The van der Waals surface area contributed by atoms with E-state index in [9.17, 15) is 0 Å². The first kappa shape index (κ1) is 30.3. The Morgan fingerprint density at radius 2 is 0.982 bits per heavy atom. The molecule has 0 N–H and O–H groups in total. The molecule has 9 aromatic carbocycles. The molecule has 1 aromatic heterocycles. The van der Waals surface area contributed by atoms with Crippen LogP contribution in [0.25, 0.3) is 66.1 Å². The van der Waals surface area contributed by atoms with Crippen LogP contribution >= 0.6 is 0 Å². The van der Waals surface area contributed by atoms with Crippen LogP contribution in [0.2, 0.25) is 0 Å². The van der Waals surface area contributed by atoms with Crippen molar-refractivity contribution in [1.29, 1.82) is 0 Å². The number of nitrogens with zero attached hydrogens (tertiary/aromatic N) is 1. The van der Waals surface area contributed by atoms with E-state index in [0.717, 1.165) is 55.5 Å². The fraction of sp³-hybridized carbons (Fsp3) is 0.0189. The van der Waals surface area contributed by atoms with Gasteiger partial charge in [0.15, 0.2) is 0 Å². The van der Waals surface area contributed by atoms with Gasteiger partial charge >= 0.3 is 0 Å². The standard InChI is InChI=1S/C53H33NO/c1-2-16-36(17-3-1)54(48-27-13-9-18-37(48)35-30-32-50-43(33-35)41-31-29-34-15-4-5-19-38(34)52(41)55-50)49-28-14-26-47-51(49)42-22-8-12-25-46(42)53(47)44-23-10-6-20-39(44)40-21-7-11-24-45(40)53/h1-33H. The number of furan rings is 1. The summed E-state index contributed by atoms with van der Waals surface area (Å²) in [4.78, 5) is 2.47. The van der Waals surface area contributed by atoms with E-state index in [0.29, 0.717) is 0 Å². The molecule has 2 heteroatoms. The lowest BCUT2D eigenvalue weighted by molar-refractivity contribution is 0.672. The van der Waals surface area contributed by atoms with Crippen molar-refractivity contribution in [2.24, 2.45) is 0 Å². The van der Waals surface area contributed by atoms with E-state index < -0.39 is 5.41 Å². The Morgan fingerprint density at radius 1 is 0.382 bits per heavy atom. The third-order valence-corrected chi connectivity index (χ3v) is 12.1. The molecular formula is C53H33NO. The zero-order valence-corrected chi connectivity index (χ0v) is 29.9. The first-order valence-electron chi connectivity index (χ1n) is 19.0. The smallest absolute Gasteiger partial charge is 0.143 e. The van der Waals surface area contributed by atoms with Crippen molar-refractivity contribution >= 4 is 49.8 Å². The SMILES string of the molecule is c1ccc(N(c2ccccc2-c2ccc3oc4c5ccccc5ccc4c3c2)c2cccc3c2-c2ccccc2C32c3ccccc3-c3ccccc32)cc1. The molecule has 2 aliphatic carbocycles. The summed E-state index contributed by atoms with van der Waals surface area (Å²) < 4.78 is 6.54. The van der Waals surface area contributed by atoms with Gasteiger partial charge in [-0.1, -0.05) is 158 Å². The number of rotatable bonds is 4. The van der Waals surface area contributed by atoms with Crippen molar-refractivity contribution in [3.8, 4) is 33.4 Å². The van der Waals surface area contributed by atoms with Crippen molar-refractivity contribution in [3.05, 3.63) is 222 Å². The molecule has 0 amide bonds. The van der Waals surface area contributed by atoms with Gasteiger partial charge in [-0.25, -0.2) is 0 Å². The number of benzene rings is 9. The van der Waals surface area contributed by atoms with E-state index in [1.807, 2.05) is 0 Å². The van der Waals surface area contributed by atoms with Crippen LogP contribution in [0, 0.1) is 0 Å². The molecule has 0 radical (unpaired) electrons. The Balaban J connectivity index is 1.12. The quantitative estimate of drug-likeness (QED) is 0.182. The fourth-order valence-electron chi connectivity index (χ4n) is 9.88. The third-order valence-electron chi connectivity index (χ3n) is 12.1. The number of hydrogen-bond donors (Lipinski definition) is 0. The Labute approximate surface area is 319 Å². The third kappa shape index (κ3) is 4.08. The lowest BCUT2D eigenvalue weighted by atomic mass is 9.70. The minimum Gasteiger partial charge on any atom is -0.455 e. The van der Waals surface area contributed by atoms with E-state index in [-0.39, 0.29) is 0 Å². The average molecular weight is 700 g/mol. The predicted octanol–water partition coefficient (Wildman–Crippen LogP) is 14.2. The Bertz CT molecular complexity index is 3120. The number of hydrogen-bond acceptors (Lipinski definition) is 2. The molecule has 0 unspecified atom stereocenters. The van der Waals surface area contributed by atoms with Crippen molar-refractivity contribution in [2.45, 2.75) is 5.41 Å². The minimum absolute atomic E-state index is 0.422. The average Bonchev–Trinajstić information content (AvgIpc) is 3.89. The van der Waals surface area contributed by atoms with Crippen LogP contribution in [0.3, 0.4) is 0 Å². The molecule has 0 saturated carbocycles. The lowest BCUT2D eigenvalue weighted by Crippen LogP contribution is -2.26. The molecule has 0 bridgehead atoms. The number of anilines is 3. The number of fused-ring (bicyclic) bond motifs is 15. The maximum atomic E-state index is 6.54. The second-order valence-electron chi connectivity index (χ2n) is 14.8.